The minimum atomic E-state index is -0.0877. The summed E-state index contributed by atoms with van der Waals surface area (Å²) in [6.07, 6.45) is 3.69. The molecule has 29 heavy (non-hydrogen) atoms. The molecule has 0 aliphatic carbocycles. The second kappa shape index (κ2) is 9.83. The van der Waals surface area contributed by atoms with Gasteiger partial charge >= 0.3 is 6.03 Å². The highest BCUT2D eigenvalue weighted by Gasteiger charge is 2.30. The number of urea groups is 1. The van der Waals surface area contributed by atoms with Crippen LogP contribution in [0.5, 0.6) is 0 Å². The maximum Gasteiger partial charge on any atom is 0.321 e. The van der Waals surface area contributed by atoms with Crippen molar-refractivity contribution in [2.75, 3.05) is 30.0 Å². The predicted molar refractivity (Wildman–Crippen MR) is 121 cm³/mol. The molecular weight excluding hydrogens is 382 g/mol. The van der Waals surface area contributed by atoms with E-state index in [9.17, 15) is 9.59 Å². The molecule has 3 rings (SSSR count). The Balaban J connectivity index is 1.49. The van der Waals surface area contributed by atoms with Gasteiger partial charge in [0.25, 0.3) is 0 Å². The average molecular weight is 412 g/mol. The van der Waals surface area contributed by atoms with Gasteiger partial charge in [0.2, 0.25) is 5.91 Å². The van der Waals surface area contributed by atoms with Crippen LogP contribution in [0.4, 0.5) is 16.2 Å². The lowest BCUT2D eigenvalue weighted by molar-refractivity contribution is -0.121. The second-order valence-electron chi connectivity index (χ2n) is 7.63. The number of anilines is 2. The summed E-state index contributed by atoms with van der Waals surface area (Å²) in [5, 5.41) is 5.99. The van der Waals surface area contributed by atoms with E-state index in [1.165, 1.54) is 0 Å². The van der Waals surface area contributed by atoms with Crippen LogP contribution in [0.15, 0.2) is 53.4 Å². The Kier molecular flexibility index (Phi) is 7.20. The molecule has 2 aromatic carbocycles. The van der Waals surface area contributed by atoms with Crippen LogP contribution < -0.4 is 10.6 Å². The standard InChI is InChI=1S/C23H29N3O2S/c1-16-7-9-19(10-8-16)25-23(28)26-13-11-18(12-14-26)17(2)22(27)24-20-5-4-6-21(15-20)29-3/h4-10,15,17-18H,11-14H2,1-3H3,(H,24,27)(H,25,28). The highest BCUT2D eigenvalue weighted by molar-refractivity contribution is 7.98. The number of benzene rings is 2. The summed E-state index contributed by atoms with van der Waals surface area (Å²) in [4.78, 5) is 28.1. The molecule has 0 radical (unpaired) electrons. The van der Waals surface area contributed by atoms with Crippen LogP contribution in [0.3, 0.4) is 0 Å². The average Bonchev–Trinajstić information content (AvgIpc) is 2.75. The molecule has 1 unspecified atom stereocenters. The van der Waals surface area contributed by atoms with Crippen LogP contribution in [0.2, 0.25) is 0 Å². The third kappa shape index (κ3) is 5.76. The molecule has 5 nitrogen and oxygen atoms in total. The van der Waals surface area contributed by atoms with Gasteiger partial charge in [0.1, 0.15) is 0 Å². The highest BCUT2D eigenvalue weighted by Crippen LogP contribution is 2.27. The minimum absolute atomic E-state index is 0.0470. The van der Waals surface area contributed by atoms with Gasteiger partial charge in [0.05, 0.1) is 0 Å². The van der Waals surface area contributed by atoms with Gasteiger partial charge in [-0.3, -0.25) is 4.79 Å². The molecule has 1 atom stereocenters. The van der Waals surface area contributed by atoms with Gasteiger partial charge in [-0.25, -0.2) is 4.79 Å². The molecule has 6 heteroatoms. The van der Waals surface area contributed by atoms with Crippen LogP contribution in [0.1, 0.15) is 25.3 Å². The van der Waals surface area contributed by atoms with Crippen molar-refractivity contribution in [1.82, 2.24) is 4.90 Å². The first-order valence-corrected chi connectivity index (χ1v) is 11.3. The van der Waals surface area contributed by atoms with Crippen molar-refractivity contribution in [3.05, 3.63) is 54.1 Å². The first-order chi connectivity index (χ1) is 14.0. The number of nitrogens with one attached hydrogen (secondary N) is 2. The van der Waals surface area contributed by atoms with E-state index >= 15 is 0 Å². The Labute approximate surface area is 177 Å². The van der Waals surface area contributed by atoms with Crippen molar-refractivity contribution in [3.63, 3.8) is 0 Å². The molecule has 154 valence electrons. The molecule has 1 heterocycles. The third-order valence-electron chi connectivity index (χ3n) is 5.59. The lowest BCUT2D eigenvalue weighted by atomic mass is 9.85. The fourth-order valence-corrected chi connectivity index (χ4v) is 4.07. The SMILES string of the molecule is CSc1cccc(NC(=O)C(C)C2CCN(C(=O)Nc3ccc(C)cc3)CC2)c1. The van der Waals surface area contributed by atoms with E-state index in [0.717, 1.165) is 34.7 Å². The zero-order valence-electron chi connectivity index (χ0n) is 17.3. The smallest absolute Gasteiger partial charge is 0.321 e. The van der Waals surface area contributed by atoms with E-state index in [2.05, 4.69) is 10.6 Å². The van der Waals surface area contributed by atoms with Gasteiger partial charge in [-0.1, -0.05) is 30.7 Å². The van der Waals surface area contributed by atoms with Gasteiger partial charge in [0, 0.05) is 35.3 Å². The van der Waals surface area contributed by atoms with Gasteiger partial charge in [-0.15, -0.1) is 11.8 Å². The van der Waals surface area contributed by atoms with Gasteiger partial charge < -0.3 is 15.5 Å². The molecule has 0 bridgehead atoms. The predicted octanol–water partition coefficient (Wildman–Crippen LogP) is 5.24. The van der Waals surface area contributed by atoms with Crippen LogP contribution >= 0.6 is 11.8 Å². The third-order valence-corrected chi connectivity index (χ3v) is 6.31. The van der Waals surface area contributed by atoms with Crippen molar-refractivity contribution in [2.24, 2.45) is 11.8 Å². The number of hydrogen-bond donors (Lipinski definition) is 2. The topological polar surface area (TPSA) is 61.4 Å². The molecule has 0 aromatic heterocycles. The molecule has 1 aliphatic heterocycles. The molecule has 1 fully saturated rings. The minimum Gasteiger partial charge on any atom is -0.326 e. The van der Waals surface area contributed by atoms with Gasteiger partial charge in [-0.05, 0) is 62.3 Å². The monoisotopic (exact) mass is 411 g/mol. The number of likely N-dealkylation sites (tertiary alicyclic amines) is 1. The quantitative estimate of drug-likeness (QED) is 0.662. The molecule has 2 N–H and O–H groups in total. The fourth-order valence-electron chi connectivity index (χ4n) is 3.61. The van der Waals surface area contributed by atoms with E-state index < -0.39 is 0 Å². The Hall–Kier alpha value is -2.47. The van der Waals surface area contributed by atoms with Crippen LogP contribution in [-0.4, -0.2) is 36.2 Å². The molecule has 2 aromatic rings. The first-order valence-electron chi connectivity index (χ1n) is 10.0. The van der Waals surface area contributed by atoms with Crippen molar-refractivity contribution < 1.29 is 9.59 Å². The summed E-state index contributed by atoms with van der Waals surface area (Å²) in [7, 11) is 0. The zero-order valence-corrected chi connectivity index (χ0v) is 18.1. The number of carbonyl (C=O) groups is 2. The van der Waals surface area contributed by atoms with Crippen LogP contribution in [0.25, 0.3) is 0 Å². The van der Waals surface area contributed by atoms with Gasteiger partial charge in [-0.2, -0.15) is 0 Å². The Morgan fingerprint density at radius 3 is 2.38 bits per heavy atom. The van der Waals surface area contributed by atoms with Crippen molar-refractivity contribution in [1.29, 1.82) is 0 Å². The highest BCUT2D eigenvalue weighted by atomic mass is 32.2. The number of nitrogens with zero attached hydrogens (tertiary/aromatic N) is 1. The summed E-state index contributed by atoms with van der Waals surface area (Å²) in [6, 6.07) is 15.6. The number of hydrogen-bond acceptors (Lipinski definition) is 3. The lowest BCUT2D eigenvalue weighted by Gasteiger charge is -2.34. The number of piperidine rings is 1. The molecular formula is C23H29N3O2S. The largest absolute Gasteiger partial charge is 0.326 e. The fraction of sp³-hybridized carbons (Fsp3) is 0.391. The second-order valence-corrected chi connectivity index (χ2v) is 8.51. The summed E-state index contributed by atoms with van der Waals surface area (Å²) < 4.78 is 0. The van der Waals surface area contributed by atoms with Crippen molar-refractivity contribution >= 4 is 35.1 Å². The molecule has 0 spiro atoms. The maximum absolute atomic E-state index is 12.7. The summed E-state index contributed by atoms with van der Waals surface area (Å²) >= 11 is 1.66. The molecule has 1 saturated heterocycles. The van der Waals surface area contributed by atoms with Crippen molar-refractivity contribution in [2.45, 2.75) is 31.6 Å². The first kappa shape index (κ1) is 21.2. The van der Waals surface area contributed by atoms with E-state index in [1.807, 2.05) is 73.5 Å². The Morgan fingerprint density at radius 2 is 1.72 bits per heavy atom. The number of aryl methyl sites for hydroxylation is 1. The van der Waals surface area contributed by atoms with Crippen molar-refractivity contribution in [3.8, 4) is 0 Å². The number of carbonyl (C=O) groups excluding carboxylic acids is 2. The van der Waals surface area contributed by atoms with E-state index in [0.29, 0.717) is 13.1 Å². The number of amides is 3. The van der Waals surface area contributed by atoms with Crippen LogP contribution in [0, 0.1) is 18.8 Å². The normalized spacial score (nSPS) is 15.6. The zero-order chi connectivity index (χ0) is 20.8. The maximum atomic E-state index is 12.7. The number of rotatable bonds is 5. The van der Waals surface area contributed by atoms with E-state index in [-0.39, 0.29) is 23.8 Å². The summed E-state index contributed by atoms with van der Waals surface area (Å²) in [5.74, 6) is 0.239. The molecule has 3 amide bonds. The lowest BCUT2D eigenvalue weighted by Crippen LogP contribution is -2.43. The van der Waals surface area contributed by atoms with Crippen LogP contribution in [-0.2, 0) is 4.79 Å². The van der Waals surface area contributed by atoms with E-state index in [1.54, 1.807) is 11.8 Å². The Bertz CT molecular complexity index is 845. The number of thioether (sulfide) groups is 1. The summed E-state index contributed by atoms with van der Waals surface area (Å²) in [6.45, 7) is 5.34. The molecule has 1 aliphatic rings. The summed E-state index contributed by atoms with van der Waals surface area (Å²) in [5.41, 5.74) is 2.81. The Morgan fingerprint density at radius 1 is 1.03 bits per heavy atom. The molecule has 0 saturated carbocycles. The van der Waals surface area contributed by atoms with Gasteiger partial charge in [0.15, 0.2) is 0 Å². The van der Waals surface area contributed by atoms with E-state index in [4.69, 9.17) is 0 Å².